The van der Waals surface area contributed by atoms with Crippen LogP contribution in [0.3, 0.4) is 0 Å². The van der Waals surface area contributed by atoms with E-state index in [4.69, 9.17) is 4.74 Å². The number of hydrogen-bond donors (Lipinski definition) is 2. The highest BCUT2D eigenvalue weighted by molar-refractivity contribution is 5.83. The second-order valence-corrected chi connectivity index (χ2v) is 7.95. The van der Waals surface area contributed by atoms with Crippen molar-refractivity contribution in [3.05, 3.63) is 29.8 Å². The molecule has 136 valence electrons. The van der Waals surface area contributed by atoms with Gasteiger partial charge in [-0.05, 0) is 50.4 Å². The van der Waals surface area contributed by atoms with Crippen LogP contribution in [0.2, 0.25) is 0 Å². The van der Waals surface area contributed by atoms with E-state index >= 15 is 0 Å². The van der Waals surface area contributed by atoms with E-state index in [2.05, 4.69) is 22.3 Å². The Bertz CT molecular complexity index is 647. The summed E-state index contributed by atoms with van der Waals surface area (Å²) in [5.74, 6) is 0.905. The van der Waals surface area contributed by atoms with Crippen molar-refractivity contribution in [3.63, 3.8) is 0 Å². The molecule has 25 heavy (non-hydrogen) atoms. The number of carbonyl (C=O) groups excluding carboxylic acids is 1. The van der Waals surface area contributed by atoms with Crippen LogP contribution in [-0.2, 0) is 11.2 Å². The van der Waals surface area contributed by atoms with Crippen molar-refractivity contribution in [1.29, 1.82) is 0 Å². The van der Waals surface area contributed by atoms with Crippen molar-refractivity contribution in [3.8, 4) is 5.75 Å². The number of likely N-dealkylation sites (N-methyl/N-ethyl adjacent to an activating group) is 1. The van der Waals surface area contributed by atoms with Gasteiger partial charge in [0, 0.05) is 36.5 Å². The molecule has 0 aromatic heterocycles. The molecular formula is C20H28N2O3. The maximum Gasteiger partial charge on any atom is 0.138 e. The summed E-state index contributed by atoms with van der Waals surface area (Å²) in [5, 5.41) is 14.4. The first kappa shape index (κ1) is 17.0. The number of nitrogens with one attached hydrogen (secondary N) is 1. The fourth-order valence-electron chi connectivity index (χ4n) is 5.36. The molecular weight excluding hydrogens is 316 g/mol. The van der Waals surface area contributed by atoms with Gasteiger partial charge in [-0.15, -0.1) is 0 Å². The zero-order chi connectivity index (χ0) is 17.6. The molecule has 0 radical (unpaired) electrons. The second kappa shape index (κ2) is 6.38. The van der Waals surface area contributed by atoms with Gasteiger partial charge in [-0.2, -0.15) is 0 Å². The molecule has 4 rings (SSSR count). The van der Waals surface area contributed by atoms with Crippen LogP contribution in [0.25, 0.3) is 0 Å². The Morgan fingerprint density at radius 2 is 2.08 bits per heavy atom. The number of benzene rings is 1. The van der Waals surface area contributed by atoms with E-state index in [1.165, 1.54) is 5.56 Å². The highest BCUT2D eigenvalue weighted by Crippen LogP contribution is 2.50. The first-order valence-corrected chi connectivity index (χ1v) is 9.34. The van der Waals surface area contributed by atoms with E-state index in [1.54, 1.807) is 7.11 Å². The minimum absolute atomic E-state index is 0.00902. The molecule has 5 atom stereocenters. The number of ether oxygens (including phenoxy) is 1. The van der Waals surface area contributed by atoms with Crippen LogP contribution in [0.5, 0.6) is 5.75 Å². The van der Waals surface area contributed by atoms with Crippen molar-refractivity contribution in [2.24, 2.45) is 5.92 Å². The van der Waals surface area contributed by atoms with E-state index in [1.807, 2.05) is 19.2 Å². The van der Waals surface area contributed by atoms with E-state index < -0.39 is 6.10 Å². The minimum Gasteiger partial charge on any atom is -0.497 e. The summed E-state index contributed by atoms with van der Waals surface area (Å²) < 4.78 is 5.24. The number of ketones is 1. The molecule has 1 aromatic rings. The van der Waals surface area contributed by atoms with Crippen LogP contribution in [0.4, 0.5) is 0 Å². The third-order valence-corrected chi connectivity index (χ3v) is 6.72. The van der Waals surface area contributed by atoms with Crippen molar-refractivity contribution < 1.29 is 14.6 Å². The first-order chi connectivity index (χ1) is 12.1. The molecule has 1 spiro atoms. The quantitative estimate of drug-likeness (QED) is 0.864. The summed E-state index contributed by atoms with van der Waals surface area (Å²) >= 11 is 0. The normalized spacial score (nSPS) is 37.8. The topological polar surface area (TPSA) is 61.8 Å². The van der Waals surface area contributed by atoms with Gasteiger partial charge in [-0.25, -0.2) is 0 Å². The molecule has 2 heterocycles. The zero-order valence-corrected chi connectivity index (χ0v) is 15.1. The Balaban J connectivity index is 1.63. The Hall–Kier alpha value is -1.43. The molecule has 1 saturated carbocycles. The highest BCUT2D eigenvalue weighted by Gasteiger charge is 2.58. The molecule has 2 aliphatic heterocycles. The Kier molecular flexibility index (Phi) is 4.34. The van der Waals surface area contributed by atoms with Gasteiger partial charge in [0.15, 0.2) is 0 Å². The number of hydrogen-bond acceptors (Lipinski definition) is 5. The largest absolute Gasteiger partial charge is 0.497 e. The lowest BCUT2D eigenvalue weighted by molar-refractivity contribution is -0.149. The SMILES string of the molecule is CN[C@@H]1CN2[C@@H](Cc3ccc(OC)cc3)[C@@H](O)C3C[C@@]2(CCC3=O)C1. The number of carbonyl (C=O) groups is 1. The summed E-state index contributed by atoms with van der Waals surface area (Å²) in [6, 6.07) is 8.51. The number of methoxy groups -OCH3 is 1. The molecule has 2 saturated heterocycles. The predicted molar refractivity (Wildman–Crippen MR) is 95.7 cm³/mol. The molecule has 3 fully saturated rings. The van der Waals surface area contributed by atoms with Crippen molar-refractivity contribution in [1.82, 2.24) is 10.2 Å². The predicted octanol–water partition coefficient (Wildman–Crippen LogP) is 1.38. The number of piperidine rings is 1. The van der Waals surface area contributed by atoms with Crippen molar-refractivity contribution in [2.75, 3.05) is 20.7 Å². The average molecular weight is 344 g/mol. The van der Waals surface area contributed by atoms with Gasteiger partial charge in [0.05, 0.1) is 13.2 Å². The Labute approximate surface area is 149 Å². The van der Waals surface area contributed by atoms with Crippen LogP contribution >= 0.6 is 0 Å². The number of Topliss-reactive ketones (excluding diaryl/α,β-unsaturated/α-hetero) is 1. The van der Waals surface area contributed by atoms with Gasteiger partial charge in [-0.3, -0.25) is 9.69 Å². The lowest BCUT2D eigenvalue weighted by Gasteiger charge is -2.55. The molecule has 5 nitrogen and oxygen atoms in total. The summed E-state index contributed by atoms with van der Waals surface area (Å²) in [6.07, 6.45) is 3.66. The van der Waals surface area contributed by atoms with Crippen molar-refractivity contribution >= 4 is 5.78 Å². The summed E-state index contributed by atoms with van der Waals surface area (Å²) in [5.41, 5.74) is 1.27. The maximum atomic E-state index is 12.4. The smallest absolute Gasteiger partial charge is 0.138 e. The van der Waals surface area contributed by atoms with Crippen LogP contribution in [0.15, 0.2) is 24.3 Å². The van der Waals surface area contributed by atoms with Crippen LogP contribution in [0.1, 0.15) is 31.2 Å². The molecule has 1 aromatic carbocycles. The van der Waals surface area contributed by atoms with Gasteiger partial charge in [0.1, 0.15) is 11.5 Å². The zero-order valence-electron chi connectivity index (χ0n) is 15.1. The van der Waals surface area contributed by atoms with E-state index in [0.717, 1.165) is 38.0 Å². The fourth-order valence-corrected chi connectivity index (χ4v) is 5.36. The maximum absolute atomic E-state index is 12.4. The fraction of sp³-hybridized carbons (Fsp3) is 0.650. The Morgan fingerprint density at radius 1 is 1.32 bits per heavy atom. The highest BCUT2D eigenvalue weighted by atomic mass is 16.5. The monoisotopic (exact) mass is 344 g/mol. The lowest BCUT2D eigenvalue weighted by atomic mass is 9.66. The molecule has 3 aliphatic rings. The Morgan fingerprint density at radius 3 is 2.76 bits per heavy atom. The van der Waals surface area contributed by atoms with E-state index in [-0.39, 0.29) is 23.3 Å². The second-order valence-electron chi connectivity index (χ2n) is 7.95. The van der Waals surface area contributed by atoms with Gasteiger partial charge in [-0.1, -0.05) is 12.1 Å². The molecule has 5 heteroatoms. The number of aliphatic hydroxyl groups is 1. The molecule has 1 unspecified atom stereocenters. The van der Waals surface area contributed by atoms with Gasteiger partial charge >= 0.3 is 0 Å². The third kappa shape index (κ3) is 2.78. The van der Waals surface area contributed by atoms with Crippen LogP contribution in [-0.4, -0.2) is 60.2 Å². The minimum atomic E-state index is -0.571. The van der Waals surface area contributed by atoms with Gasteiger partial charge in [0.2, 0.25) is 0 Å². The number of fused-ring (bicyclic) bond motifs is 1. The van der Waals surface area contributed by atoms with Crippen molar-refractivity contribution in [2.45, 2.75) is 55.8 Å². The van der Waals surface area contributed by atoms with Crippen LogP contribution in [0, 0.1) is 5.92 Å². The van der Waals surface area contributed by atoms with Gasteiger partial charge < -0.3 is 15.2 Å². The van der Waals surface area contributed by atoms with Crippen LogP contribution < -0.4 is 10.1 Å². The summed E-state index contributed by atoms with van der Waals surface area (Å²) in [4.78, 5) is 14.9. The number of nitrogens with zero attached hydrogens (tertiary/aromatic N) is 1. The number of rotatable bonds is 4. The third-order valence-electron chi connectivity index (χ3n) is 6.72. The molecule has 2 N–H and O–H groups in total. The van der Waals surface area contributed by atoms with E-state index in [9.17, 15) is 9.90 Å². The van der Waals surface area contributed by atoms with Gasteiger partial charge in [0.25, 0.3) is 0 Å². The number of aliphatic hydroxyl groups excluding tert-OH is 1. The standard InChI is InChI=1S/C20H28N2O3/c1-21-14-10-20-8-7-18(23)16(11-20)19(24)17(22(20)12-14)9-13-3-5-15(25-2)6-4-13/h3-6,14,16-17,19,21,24H,7-12H2,1-2H3/t14-,16?,17-,19-,20+/m0/s1. The van der Waals surface area contributed by atoms with E-state index in [0.29, 0.717) is 12.5 Å². The first-order valence-electron chi connectivity index (χ1n) is 9.34. The molecule has 2 bridgehead atoms. The lowest BCUT2D eigenvalue weighted by Crippen LogP contribution is -2.65. The molecule has 1 aliphatic carbocycles. The molecule has 0 amide bonds. The average Bonchev–Trinajstić information content (AvgIpc) is 3.00. The summed E-state index contributed by atoms with van der Waals surface area (Å²) in [6.45, 7) is 0.954. The summed E-state index contributed by atoms with van der Waals surface area (Å²) in [7, 11) is 3.68.